The summed E-state index contributed by atoms with van der Waals surface area (Å²) in [7, 11) is 0. The molecule has 1 unspecified atom stereocenters. The van der Waals surface area contributed by atoms with Gasteiger partial charge in [-0.2, -0.15) is 0 Å². The summed E-state index contributed by atoms with van der Waals surface area (Å²) in [4.78, 5) is 16.6. The summed E-state index contributed by atoms with van der Waals surface area (Å²) in [6, 6.07) is 6.73. The Morgan fingerprint density at radius 3 is 2.75 bits per heavy atom. The molecule has 1 saturated heterocycles. The largest absolute Gasteiger partial charge is 0.299 e. The fraction of sp³-hybridized carbons (Fsp3) is 0.529. The Morgan fingerprint density at radius 1 is 1.30 bits per heavy atom. The summed E-state index contributed by atoms with van der Waals surface area (Å²) in [5, 5.41) is 1.14. The standard InChI is InChI=1S/C17H23NOS/c1-11(2)18-17-16(9-8-14(19)10-20-17)15-7-5-6-12(3)13(15)4/h5-7,11,16H,8-10H2,1-4H3. The van der Waals surface area contributed by atoms with Crippen LogP contribution in [0.15, 0.2) is 23.2 Å². The minimum absolute atomic E-state index is 0.276. The maximum Gasteiger partial charge on any atom is 0.143 e. The molecular formula is C17H23NOS. The summed E-state index contributed by atoms with van der Waals surface area (Å²) in [5.74, 6) is 1.21. The van der Waals surface area contributed by atoms with Gasteiger partial charge in [0.25, 0.3) is 0 Å². The lowest BCUT2D eigenvalue weighted by Gasteiger charge is -2.20. The highest BCUT2D eigenvalue weighted by Crippen LogP contribution is 2.34. The van der Waals surface area contributed by atoms with Crippen LogP contribution in [0, 0.1) is 13.8 Å². The lowest BCUT2D eigenvalue weighted by molar-refractivity contribution is -0.116. The van der Waals surface area contributed by atoms with E-state index in [1.54, 1.807) is 11.8 Å². The van der Waals surface area contributed by atoms with E-state index < -0.39 is 0 Å². The van der Waals surface area contributed by atoms with Crippen LogP contribution in [0.1, 0.15) is 49.3 Å². The van der Waals surface area contributed by atoms with Gasteiger partial charge in [0, 0.05) is 18.4 Å². The fourth-order valence-electron chi connectivity index (χ4n) is 2.58. The highest BCUT2D eigenvalue weighted by atomic mass is 32.2. The molecule has 0 radical (unpaired) electrons. The molecule has 1 aliphatic rings. The SMILES string of the molecule is Cc1cccc(C2CCC(=O)CSC2=NC(C)C)c1C. The summed E-state index contributed by atoms with van der Waals surface area (Å²) in [6.45, 7) is 8.52. The molecule has 3 heteroatoms. The number of nitrogens with zero attached hydrogens (tertiary/aromatic N) is 1. The van der Waals surface area contributed by atoms with Crippen molar-refractivity contribution < 1.29 is 4.79 Å². The topological polar surface area (TPSA) is 29.4 Å². The van der Waals surface area contributed by atoms with Crippen molar-refractivity contribution in [1.29, 1.82) is 0 Å². The Labute approximate surface area is 126 Å². The minimum Gasteiger partial charge on any atom is -0.299 e. The van der Waals surface area contributed by atoms with Gasteiger partial charge in [-0.15, -0.1) is 11.8 Å². The summed E-state index contributed by atoms with van der Waals surface area (Å²) >= 11 is 1.64. The molecule has 2 nitrogen and oxygen atoms in total. The molecule has 1 fully saturated rings. The van der Waals surface area contributed by atoms with Crippen LogP contribution in [-0.4, -0.2) is 22.6 Å². The maximum absolute atomic E-state index is 11.8. The summed E-state index contributed by atoms with van der Waals surface area (Å²) in [6.07, 6.45) is 1.56. The summed E-state index contributed by atoms with van der Waals surface area (Å²) < 4.78 is 0. The Balaban J connectivity index is 2.43. The first-order valence-corrected chi connectivity index (χ1v) is 8.26. The van der Waals surface area contributed by atoms with E-state index in [1.807, 2.05) is 0 Å². The van der Waals surface area contributed by atoms with Crippen LogP contribution in [0.25, 0.3) is 0 Å². The quantitative estimate of drug-likeness (QED) is 0.813. The molecule has 0 amide bonds. The van der Waals surface area contributed by atoms with Crippen LogP contribution in [0.2, 0.25) is 0 Å². The number of hydrogen-bond donors (Lipinski definition) is 0. The number of ketones is 1. The molecule has 1 aromatic carbocycles. The molecule has 1 heterocycles. The summed E-state index contributed by atoms with van der Waals surface area (Å²) in [5.41, 5.74) is 3.99. The molecule has 0 N–H and O–H groups in total. The van der Waals surface area contributed by atoms with Gasteiger partial charge in [0.2, 0.25) is 0 Å². The molecule has 1 atom stereocenters. The monoisotopic (exact) mass is 289 g/mol. The van der Waals surface area contributed by atoms with Gasteiger partial charge in [0.15, 0.2) is 0 Å². The van der Waals surface area contributed by atoms with E-state index in [0.29, 0.717) is 18.0 Å². The van der Waals surface area contributed by atoms with E-state index >= 15 is 0 Å². The Kier molecular flexibility index (Phi) is 5.03. The second kappa shape index (κ2) is 6.57. The van der Waals surface area contributed by atoms with E-state index in [9.17, 15) is 4.79 Å². The predicted octanol–water partition coefficient (Wildman–Crippen LogP) is 4.29. The van der Waals surface area contributed by atoms with Crippen LogP contribution in [0.3, 0.4) is 0 Å². The number of carbonyl (C=O) groups is 1. The van der Waals surface area contributed by atoms with E-state index in [4.69, 9.17) is 4.99 Å². The van der Waals surface area contributed by atoms with E-state index in [1.165, 1.54) is 16.7 Å². The van der Waals surface area contributed by atoms with Crippen molar-refractivity contribution in [1.82, 2.24) is 0 Å². The first-order chi connectivity index (χ1) is 9.49. The van der Waals surface area contributed by atoms with Crippen molar-refractivity contribution in [2.45, 2.75) is 52.5 Å². The van der Waals surface area contributed by atoms with Crippen LogP contribution in [-0.2, 0) is 4.79 Å². The number of hydrogen-bond acceptors (Lipinski definition) is 3. The molecule has 0 spiro atoms. The second-order valence-electron chi connectivity index (χ2n) is 5.77. The molecule has 20 heavy (non-hydrogen) atoms. The van der Waals surface area contributed by atoms with E-state index in [-0.39, 0.29) is 12.0 Å². The Hall–Kier alpha value is -1.09. The van der Waals surface area contributed by atoms with Gasteiger partial charge in [-0.3, -0.25) is 9.79 Å². The molecule has 0 bridgehead atoms. The van der Waals surface area contributed by atoms with Gasteiger partial charge in [0.05, 0.1) is 10.8 Å². The van der Waals surface area contributed by atoms with Crippen molar-refractivity contribution in [2.75, 3.05) is 5.75 Å². The van der Waals surface area contributed by atoms with Gasteiger partial charge in [-0.05, 0) is 50.8 Å². The molecule has 0 aromatic heterocycles. The zero-order valence-electron chi connectivity index (χ0n) is 12.8. The fourth-order valence-corrected chi connectivity index (χ4v) is 3.76. The predicted molar refractivity (Wildman–Crippen MR) is 87.9 cm³/mol. The van der Waals surface area contributed by atoms with Crippen molar-refractivity contribution in [3.05, 3.63) is 34.9 Å². The molecule has 1 aliphatic heterocycles. The average molecular weight is 289 g/mol. The third-order valence-electron chi connectivity index (χ3n) is 3.80. The smallest absolute Gasteiger partial charge is 0.143 e. The van der Waals surface area contributed by atoms with Crippen molar-refractivity contribution in [3.63, 3.8) is 0 Å². The first kappa shape index (κ1) is 15.3. The number of aliphatic imine (C=N–C) groups is 1. The van der Waals surface area contributed by atoms with Crippen LogP contribution in [0.4, 0.5) is 0 Å². The Morgan fingerprint density at radius 2 is 2.05 bits per heavy atom. The number of rotatable bonds is 2. The second-order valence-corrected chi connectivity index (χ2v) is 6.76. The number of aryl methyl sites for hydroxylation is 1. The van der Waals surface area contributed by atoms with Crippen molar-refractivity contribution in [3.8, 4) is 0 Å². The number of benzene rings is 1. The van der Waals surface area contributed by atoms with Crippen LogP contribution >= 0.6 is 11.8 Å². The molecule has 2 rings (SSSR count). The minimum atomic E-state index is 0.276. The number of carbonyl (C=O) groups excluding carboxylic acids is 1. The third-order valence-corrected chi connectivity index (χ3v) is 4.95. The normalized spacial score (nSPS) is 22.4. The van der Waals surface area contributed by atoms with Gasteiger partial charge in [-0.1, -0.05) is 18.2 Å². The third kappa shape index (κ3) is 3.51. The Bertz CT molecular complexity index is 534. The van der Waals surface area contributed by atoms with Gasteiger partial charge >= 0.3 is 0 Å². The van der Waals surface area contributed by atoms with Crippen LogP contribution in [0.5, 0.6) is 0 Å². The molecule has 0 saturated carbocycles. The molecular weight excluding hydrogens is 266 g/mol. The maximum atomic E-state index is 11.8. The molecule has 0 aliphatic carbocycles. The van der Waals surface area contributed by atoms with Crippen LogP contribution < -0.4 is 0 Å². The van der Waals surface area contributed by atoms with E-state index in [2.05, 4.69) is 45.9 Å². The highest BCUT2D eigenvalue weighted by molar-refractivity contribution is 8.14. The lowest BCUT2D eigenvalue weighted by atomic mass is 9.89. The average Bonchev–Trinajstić information content (AvgIpc) is 2.56. The van der Waals surface area contributed by atoms with Crippen molar-refractivity contribution >= 4 is 22.6 Å². The van der Waals surface area contributed by atoms with E-state index in [0.717, 1.165) is 11.5 Å². The zero-order chi connectivity index (χ0) is 14.7. The number of Topliss-reactive ketones (excluding diaryl/α,β-unsaturated/α-hetero) is 1. The van der Waals surface area contributed by atoms with Gasteiger partial charge in [-0.25, -0.2) is 0 Å². The van der Waals surface area contributed by atoms with Gasteiger partial charge < -0.3 is 0 Å². The van der Waals surface area contributed by atoms with Crippen molar-refractivity contribution in [2.24, 2.45) is 4.99 Å². The highest BCUT2D eigenvalue weighted by Gasteiger charge is 2.26. The molecule has 1 aromatic rings. The lowest BCUT2D eigenvalue weighted by Crippen LogP contribution is -2.12. The number of thioether (sulfide) groups is 1. The zero-order valence-corrected chi connectivity index (χ0v) is 13.6. The molecule has 108 valence electrons. The first-order valence-electron chi connectivity index (χ1n) is 7.27. The van der Waals surface area contributed by atoms with Gasteiger partial charge in [0.1, 0.15) is 5.78 Å².